The maximum absolute atomic E-state index is 13.9. The highest BCUT2D eigenvalue weighted by molar-refractivity contribution is 9.10. The van der Waals surface area contributed by atoms with Crippen LogP contribution in [-0.4, -0.2) is 0 Å². The highest BCUT2D eigenvalue weighted by atomic mass is 79.9. The molecular weight excluding hydrogens is 319 g/mol. The molecule has 0 bridgehead atoms. The Bertz CT molecular complexity index is 613. The Labute approximate surface area is 127 Å². The molecule has 0 aliphatic rings. The number of hydrogen-bond acceptors (Lipinski definition) is 2. The van der Waals surface area contributed by atoms with Crippen LogP contribution in [0.15, 0.2) is 40.9 Å². The summed E-state index contributed by atoms with van der Waals surface area (Å²) >= 11 is 3.26. The minimum atomic E-state index is -0.219. The second-order valence-corrected chi connectivity index (χ2v) is 5.92. The van der Waals surface area contributed by atoms with Gasteiger partial charge in [-0.1, -0.05) is 40.2 Å². The molecule has 3 N–H and O–H groups in total. The molecule has 106 valence electrons. The van der Waals surface area contributed by atoms with E-state index >= 15 is 0 Å². The molecular formula is C16H18BrFN2. The lowest BCUT2D eigenvalue weighted by atomic mass is 9.96. The summed E-state index contributed by atoms with van der Waals surface area (Å²) in [6.07, 6.45) is 0.512. The molecule has 0 saturated carbocycles. The summed E-state index contributed by atoms with van der Waals surface area (Å²) in [5.74, 6) is 5.42. The number of benzene rings is 2. The lowest BCUT2D eigenvalue weighted by Gasteiger charge is -2.18. The van der Waals surface area contributed by atoms with Crippen LogP contribution in [0.3, 0.4) is 0 Å². The van der Waals surface area contributed by atoms with E-state index in [1.54, 1.807) is 6.07 Å². The van der Waals surface area contributed by atoms with Crippen LogP contribution in [0.25, 0.3) is 0 Å². The second-order valence-electron chi connectivity index (χ2n) is 5.00. The molecule has 0 fully saturated rings. The van der Waals surface area contributed by atoms with Crippen LogP contribution in [-0.2, 0) is 6.42 Å². The van der Waals surface area contributed by atoms with Gasteiger partial charge in [0.15, 0.2) is 0 Å². The molecule has 20 heavy (non-hydrogen) atoms. The fourth-order valence-electron chi connectivity index (χ4n) is 2.16. The van der Waals surface area contributed by atoms with Gasteiger partial charge in [0.05, 0.1) is 6.04 Å². The van der Waals surface area contributed by atoms with Crippen molar-refractivity contribution in [1.82, 2.24) is 5.43 Å². The zero-order chi connectivity index (χ0) is 14.7. The van der Waals surface area contributed by atoms with E-state index in [4.69, 9.17) is 5.84 Å². The molecule has 0 heterocycles. The molecule has 1 unspecified atom stereocenters. The summed E-state index contributed by atoms with van der Waals surface area (Å²) in [4.78, 5) is 0. The maximum Gasteiger partial charge on any atom is 0.127 e. The summed E-state index contributed by atoms with van der Waals surface area (Å²) in [6.45, 7) is 4.13. The summed E-state index contributed by atoms with van der Waals surface area (Å²) in [6, 6.07) is 11.2. The first kappa shape index (κ1) is 15.2. The first-order valence-electron chi connectivity index (χ1n) is 6.48. The first-order valence-corrected chi connectivity index (χ1v) is 7.27. The molecule has 0 radical (unpaired) electrons. The number of nitrogens with one attached hydrogen (secondary N) is 1. The van der Waals surface area contributed by atoms with Crippen molar-refractivity contribution in [2.45, 2.75) is 26.3 Å². The second kappa shape index (κ2) is 6.48. The molecule has 0 saturated heterocycles. The molecule has 0 aliphatic heterocycles. The fraction of sp³-hybridized carbons (Fsp3) is 0.250. The molecule has 4 heteroatoms. The normalized spacial score (nSPS) is 12.4. The Morgan fingerprint density at radius 2 is 1.90 bits per heavy atom. The topological polar surface area (TPSA) is 38.0 Å². The Kier molecular flexibility index (Phi) is 4.91. The van der Waals surface area contributed by atoms with E-state index in [1.165, 1.54) is 17.2 Å². The van der Waals surface area contributed by atoms with Crippen LogP contribution in [0, 0.1) is 19.7 Å². The van der Waals surface area contributed by atoms with Gasteiger partial charge in [0.1, 0.15) is 5.82 Å². The third kappa shape index (κ3) is 3.45. The smallest absolute Gasteiger partial charge is 0.127 e. The van der Waals surface area contributed by atoms with Crippen molar-refractivity contribution in [3.05, 3.63) is 68.9 Å². The van der Waals surface area contributed by atoms with E-state index in [1.807, 2.05) is 12.1 Å². The van der Waals surface area contributed by atoms with Gasteiger partial charge in [0.25, 0.3) is 0 Å². The maximum atomic E-state index is 13.9. The van der Waals surface area contributed by atoms with Crippen LogP contribution in [0.2, 0.25) is 0 Å². The van der Waals surface area contributed by atoms with Gasteiger partial charge >= 0.3 is 0 Å². The Morgan fingerprint density at radius 3 is 2.50 bits per heavy atom. The molecule has 2 aromatic carbocycles. The minimum absolute atomic E-state index is 0.107. The molecule has 2 aromatic rings. The van der Waals surface area contributed by atoms with Crippen molar-refractivity contribution in [3.8, 4) is 0 Å². The molecule has 1 atom stereocenters. The number of rotatable bonds is 4. The quantitative estimate of drug-likeness (QED) is 0.655. The molecule has 0 aromatic heterocycles. The summed E-state index contributed by atoms with van der Waals surface area (Å²) < 4.78 is 14.6. The van der Waals surface area contributed by atoms with Crippen molar-refractivity contribution in [2.75, 3.05) is 0 Å². The van der Waals surface area contributed by atoms with Gasteiger partial charge in [-0.05, 0) is 54.7 Å². The molecule has 0 amide bonds. The van der Waals surface area contributed by atoms with Crippen LogP contribution in [0.4, 0.5) is 4.39 Å². The first-order chi connectivity index (χ1) is 9.51. The van der Waals surface area contributed by atoms with Gasteiger partial charge in [0.2, 0.25) is 0 Å². The monoisotopic (exact) mass is 336 g/mol. The van der Waals surface area contributed by atoms with E-state index in [9.17, 15) is 4.39 Å². The van der Waals surface area contributed by atoms with Gasteiger partial charge < -0.3 is 0 Å². The summed E-state index contributed by atoms with van der Waals surface area (Å²) in [5.41, 5.74) is 6.93. The van der Waals surface area contributed by atoms with Gasteiger partial charge in [0, 0.05) is 4.47 Å². The van der Waals surface area contributed by atoms with Crippen molar-refractivity contribution in [2.24, 2.45) is 5.84 Å². The van der Waals surface area contributed by atoms with E-state index < -0.39 is 0 Å². The summed E-state index contributed by atoms with van der Waals surface area (Å²) in [5, 5.41) is 0. The predicted molar refractivity (Wildman–Crippen MR) is 83.8 cm³/mol. The Hall–Kier alpha value is -1.23. The van der Waals surface area contributed by atoms with Gasteiger partial charge in [-0.15, -0.1) is 0 Å². The van der Waals surface area contributed by atoms with Crippen molar-refractivity contribution >= 4 is 15.9 Å². The van der Waals surface area contributed by atoms with Crippen molar-refractivity contribution < 1.29 is 4.39 Å². The zero-order valence-electron chi connectivity index (χ0n) is 11.6. The molecule has 0 aliphatic carbocycles. The molecule has 2 nitrogen and oxygen atoms in total. The van der Waals surface area contributed by atoms with Gasteiger partial charge in [-0.3, -0.25) is 11.3 Å². The number of hydrogen-bond donors (Lipinski definition) is 2. The average Bonchev–Trinajstić information content (AvgIpc) is 2.41. The van der Waals surface area contributed by atoms with Crippen molar-refractivity contribution in [1.29, 1.82) is 0 Å². The highest BCUT2D eigenvalue weighted by Gasteiger charge is 2.14. The Morgan fingerprint density at radius 1 is 1.15 bits per heavy atom. The van der Waals surface area contributed by atoms with Crippen LogP contribution in [0.5, 0.6) is 0 Å². The SMILES string of the molecule is Cc1ccc(C(Cc2ccc(Br)cc2F)NN)cc1C. The van der Waals surface area contributed by atoms with E-state index in [-0.39, 0.29) is 11.9 Å². The van der Waals surface area contributed by atoms with Gasteiger partial charge in [-0.2, -0.15) is 0 Å². The third-order valence-corrected chi connectivity index (χ3v) is 4.07. The number of halogens is 2. The summed E-state index contributed by atoms with van der Waals surface area (Å²) in [7, 11) is 0. The Balaban J connectivity index is 2.26. The van der Waals surface area contributed by atoms with E-state index in [2.05, 4.69) is 47.3 Å². The fourth-order valence-corrected chi connectivity index (χ4v) is 2.49. The van der Waals surface area contributed by atoms with E-state index in [0.717, 1.165) is 10.0 Å². The van der Waals surface area contributed by atoms with Crippen LogP contribution < -0.4 is 11.3 Å². The van der Waals surface area contributed by atoms with E-state index in [0.29, 0.717) is 12.0 Å². The number of aryl methyl sites for hydroxylation is 2. The predicted octanol–water partition coefficient (Wildman–Crippen LogP) is 3.95. The number of nitrogens with two attached hydrogens (primary N) is 1. The largest absolute Gasteiger partial charge is 0.271 e. The molecule has 0 spiro atoms. The van der Waals surface area contributed by atoms with Crippen LogP contribution >= 0.6 is 15.9 Å². The van der Waals surface area contributed by atoms with Crippen molar-refractivity contribution in [3.63, 3.8) is 0 Å². The number of hydrazine groups is 1. The third-order valence-electron chi connectivity index (χ3n) is 3.57. The standard InChI is InChI=1S/C16H18BrFN2/c1-10-3-4-13(7-11(10)2)16(20-19)8-12-5-6-14(17)9-15(12)18/h3-7,9,16,20H,8,19H2,1-2H3. The highest BCUT2D eigenvalue weighted by Crippen LogP contribution is 2.23. The minimum Gasteiger partial charge on any atom is -0.271 e. The lowest BCUT2D eigenvalue weighted by Crippen LogP contribution is -2.29. The average molecular weight is 337 g/mol. The lowest BCUT2D eigenvalue weighted by molar-refractivity contribution is 0.528. The molecule has 2 rings (SSSR count). The van der Waals surface area contributed by atoms with Gasteiger partial charge in [-0.25, -0.2) is 4.39 Å². The van der Waals surface area contributed by atoms with Crippen LogP contribution in [0.1, 0.15) is 28.3 Å². The zero-order valence-corrected chi connectivity index (χ0v) is 13.2.